The summed E-state index contributed by atoms with van der Waals surface area (Å²) in [6.07, 6.45) is 1.78. The Morgan fingerprint density at radius 2 is 1.28 bits per heavy atom. The molecule has 0 N–H and O–H groups in total. The molecule has 140 valence electrons. The van der Waals surface area contributed by atoms with Crippen LogP contribution in [0, 0.1) is 0 Å². The Morgan fingerprint density at radius 1 is 0.655 bits per heavy atom. The standard InChI is InChI=1S/C25H16O4/c1-28-16-10-12-17(13-11-16)29-25-20-9-5-4-8-19(20)23(26)21-14-15-6-2-3-7-18(15)24(27)22(21)25/h2-14H,1H3. The van der Waals surface area contributed by atoms with Gasteiger partial charge in [-0.05, 0) is 35.9 Å². The van der Waals surface area contributed by atoms with Crippen molar-refractivity contribution >= 4 is 23.4 Å². The fraction of sp³-hybridized carbons (Fsp3) is 0.0400. The molecule has 0 spiro atoms. The van der Waals surface area contributed by atoms with Crippen LogP contribution in [0.15, 0.2) is 83.9 Å². The van der Waals surface area contributed by atoms with Gasteiger partial charge in [-0.25, -0.2) is 0 Å². The van der Waals surface area contributed by atoms with Gasteiger partial charge >= 0.3 is 0 Å². The molecule has 0 bridgehead atoms. The number of carbonyl (C=O) groups excluding carboxylic acids is 2. The number of rotatable bonds is 3. The molecule has 0 saturated heterocycles. The van der Waals surface area contributed by atoms with Crippen LogP contribution in [0.5, 0.6) is 11.5 Å². The van der Waals surface area contributed by atoms with Gasteiger partial charge in [0.15, 0.2) is 11.6 Å². The molecule has 29 heavy (non-hydrogen) atoms. The minimum Gasteiger partial charge on any atom is -0.497 e. The second kappa shape index (κ2) is 6.60. The molecule has 2 aliphatic rings. The van der Waals surface area contributed by atoms with Crippen LogP contribution in [-0.4, -0.2) is 18.7 Å². The number of methoxy groups -OCH3 is 1. The number of allylic oxidation sites excluding steroid dienone is 2. The zero-order valence-electron chi connectivity index (χ0n) is 15.6. The summed E-state index contributed by atoms with van der Waals surface area (Å²) in [5.41, 5.74) is 3.13. The number of hydrogen-bond acceptors (Lipinski definition) is 4. The lowest BCUT2D eigenvalue weighted by Gasteiger charge is -2.27. The largest absolute Gasteiger partial charge is 0.497 e. The Balaban J connectivity index is 1.73. The Hall–Kier alpha value is -3.92. The smallest absolute Gasteiger partial charge is 0.198 e. The van der Waals surface area contributed by atoms with E-state index in [9.17, 15) is 9.59 Å². The lowest BCUT2D eigenvalue weighted by atomic mass is 9.77. The van der Waals surface area contributed by atoms with Gasteiger partial charge in [-0.2, -0.15) is 0 Å². The second-order valence-corrected chi connectivity index (χ2v) is 6.83. The van der Waals surface area contributed by atoms with Crippen LogP contribution in [0.3, 0.4) is 0 Å². The Labute approximate surface area is 167 Å². The number of Topliss-reactive ketones (excluding diaryl/α,β-unsaturated/α-hetero) is 2. The molecule has 0 aromatic heterocycles. The van der Waals surface area contributed by atoms with Crippen LogP contribution in [0.1, 0.15) is 31.8 Å². The molecule has 3 aromatic rings. The minimum absolute atomic E-state index is 0.166. The summed E-state index contributed by atoms with van der Waals surface area (Å²) in [6, 6.07) is 21.6. The van der Waals surface area contributed by atoms with Gasteiger partial charge in [0.05, 0.1) is 12.7 Å². The first-order valence-electron chi connectivity index (χ1n) is 9.23. The second-order valence-electron chi connectivity index (χ2n) is 6.83. The summed E-state index contributed by atoms with van der Waals surface area (Å²) in [4.78, 5) is 26.5. The van der Waals surface area contributed by atoms with Gasteiger partial charge in [-0.1, -0.05) is 48.5 Å². The fourth-order valence-corrected chi connectivity index (χ4v) is 3.75. The number of carbonyl (C=O) groups is 2. The number of ether oxygens (including phenoxy) is 2. The van der Waals surface area contributed by atoms with Crippen molar-refractivity contribution in [2.75, 3.05) is 7.11 Å². The van der Waals surface area contributed by atoms with Gasteiger partial charge in [0.2, 0.25) is 0 Å². The van der Waals surface area contributed by atoms with E-state index < -0.39 is 0 Å². The highest BCUT2D eigenvalue weighted by Gasteiger charge is 2.37. The maximum Gasteiger partial charge on any atom is 0.198 e. The average molecular weight is 380 g/mol. The maximum absolute atomic E-state index is 13.4. The van der Waals surface area contributed by atoms with Crippen LogP contribution in [0.2, 0.25) is 0 Å². The van der Waals surface area contributed by atoms with Crippen molar-refractivity contribution in [1.29, 1.82) is 0 Å². The molecule has 0 amide bonds. The van der Waals surface area contributed by atoms with Gasteiger partial charge in [0.1, 0.15) is 17.3 Å². The first-order chi connectivity index (χ1) is 14.2. The Morgan fingerprint density at radius 3 is 2.00 bits per heavy atom. The zero-order chi connectivity index (χ0) is 20.0. The minimum atomic E-state index is -0.204. The lowest BCUT2D eigenvalue weighted by Crippen LogP contribution is -2.25. The summed E-state index contributed by atoms with van der Waals surface area (Å²) >= 11 is 0. The molecule has 0 radical (unpaired) electrons. The normalized spacial score (nSPS) is 14.6. The van der Waals surface area contributed by atoms with Crippen molar-refractivity contribution in [3.63, 3.8) is 0 Å². The summed E-state index contributed by atoms with van der Waals surface area (Å²) in [7, 11) is 1.60. The molecule has 0 fully saturated rings. The van der Waals surface area contributed by atoms with Crippen LogP contribution in [0.25, 0.3) is 11.8 Å². The molecule has 0 aliphatic heterocycles. The van der Waals surface area contributed by atoms with E-state index in [1.807, 2.05) is 36.4 Å². The van der Waals surface area contributed by atoms with Gasteiger partial charge in [-0.15, -0.1) is 0 Å². The third kappa shape index (κ3) is 2.69. The molecule has 4 nitrogen and oxygen atoms in total. The summed E-state index contributed by atoms with van der Waals surface area (Å²) in [5, 5.41) is 0. The molecule has 0 heterocycles. The van der Waals surface area contributed by atoms with Gasteiger partial charge in [-0.3, -0.25) is 9.59 Å². The predicted octanol–water partition coefficient (Wildman–Crippen LogP) is 4.96. The maximum atomic E-state index is 13.4. The monoisotopic (exact) mass is 380 g/mol. The average Bonchev–Trinajstić information content (AvgIpc) is 2.77. The van der Waals surface area contributed by atoms with Crippen molar-refractivity contribution in [2.45, 2.75) is 0 Å². The molecular weight excluding hydrogens is 364 g/mol. The molecular formula is C25H16O4. The van der Waals surface area contributed by atoms with Gasteiger partial charge in [0.25, 0.3) is 0 Å². The quantitative estimate of drug-likeness (QED) is 0.644. The first kappa shape index (κ1) is 17.2. The van der Waals surface area contributed by atoms with Crippen molar-refractivity contribution < 1.29 is 19.1 Å². The van der Waals surface area contributed by atoms with Crippen LogP contribution in [0.4, 0.5) is 0 Å². The molecule has 4 heteroatoms. The third-order valence-electron chi connectivity index (χ3n) is 5.17. The van der Waals surface area contributed by atoms with E-state index in [2.05, 4.69) is 0 Å². The number of benzene rings is 3. The third-order valence-corrected chi connectivity index (χ3v) is 5.17. The number of ketones is 2. The van der Waals surface area contributed by atoms with Crippen LogP contribution < -0.4 is 9.47 Å². The molecule has 0 atom stereocenters. The highest BCUT2D eigenvalue weighted by atomic mass is 16.5. The topological polar surface area (TPSA) is 52.6 Å². The molecule has 0 saturated carbocycles. The summed E-state index contributed by atoms with van der Waals surface area (Å²) in [6.45, 7) is 0. The predicted molar refractivity (Wildman–Crippen MR) is 110 cm³/mol. The fourth-order valence-electron chi connectivity index (χ4n) is 3.75. The lowest BCUT2D eigenvalue weighted by molar-refractivity contribution is 0.0992. The van der Waals surface area contributed by atoms with E-state index in [0.29, 0.717) is 45.1 Å². The first-order valence-corrected chi connectivity index (χ1v) is 9.23. The van der Waals surface area contributed by atoms with Crippen molar-refractivity contribution in [3.8, 4) is 11.5 Å². The SMILES string of the molecule is COc1ccc(OC2=C3C(=O)c4ccccc4C=C3C(=O)c3ccccc32)cc1. The van der Waals surface area contributed by atoms with E-state index in [1.165, 1.54) is 0 Å². The van der Waals surface area contributed by atoms with Crippen molar-refractivity contribution in [2.24, 2.45) is 0 Å². The summed E-state index contributed by atoms with van der Waals surface area (Å²) < 4.78 is 11.4. The van der Waals surface area contributed by atoms with Crippen molar-refractivity contribution in [1.82, 2.24) is 0 Å². The summed E-state index contributed by atoms with van der Waals surface area (Å²) in [5.74, 6) is 1.29. The van der Waals surface area contributed by atoms with Crippen LogP contribution in [-0.2, 0) is 0 Å². The van der Waals surface area contributed by atoms with Gasteiger partial charge in [0, 0.05) is 22.3 Å². The van der Waals surface area contributed by atoms with E-state index in [0.717, 1.165) is 5.56 Å². The van der Waals surface area contributed by atoms with E-state index >= 15 is 0 Å². The highest BCUT2D eigenvalue weighted by Crippen LogP contribution is 2.41. The van der Waals surface area contributed by atoms with Crippen molar-refractivity contribution in [3.05, 3.63) is 106 Å². The molecule has 3 aromatic carbocycles. The number of hydrogen-bond donors (Lipinski definition) is 0. The van der Waals surface area contributed by atoms with E-state index in [-0.39, 0.29) is 11.6 Å². The Kier molecular flexibility index (Phi) is 3.91. The molecule has 0 unspecified atom stereocenters. The van der Waals surface area contributed by atoms with Gasteiger partial charge < -0.3 is 9.47 Å². The molecule has 5 rings (SSSR count). The van der Waals surface area contributed by atoms with Crippen LogP contribution >= 0.6 is 0 Å². The highest BCUT2D eigenvalue weighted by molar-refractivity contribution is 6.33. The zero-order valence-corrected chi connectivity index (χ0v) is 15.6. The van der Waals surface area contributed by atoms with E-state index in [1.54, 1.807) is 49.6 Å². The Bertz CT molecular complexity index is 1230. The van der Waals surface area contributed by atoms with E-state index in [4.69, 9.17) is 9.47 Å². The molecule has 2 aliphatic carbocycles. The number of fused-ring (bicyclic) bond motifs is 3.